The second kappa shape index (κ2) is 6.32. The van der Waals surface area contributed by atoms with E-state index in [1.54, 1.807) is 12.4 Å². The van der Waals surface area contributed by atoms with Gasteiger partial charge in [-0.05, 0) is 48.7 Å². The number of aromatic nitrogens is 1. The van der Waals surface area contributed by atoms with Crippen molar-refractivity contribution in [1.29, 1.82) is 0 Å². The summed E-state index contributed by atoms with van der Waals surface area (Å²) < 4.78 is 13.0. The molecule has 0 radical (unpaired) electrons. The number of anilines is 2. The summed E-state index contributed by atoms with van der Waals surface area (Å²) in [5.74, 6) is 0.423. The average Bonchev–Trinajstić information content (AvgIpc) is 2.42. The molecule has 0 atom stereocenters. The monoisotopic (exact) mass is 258 g/mol. The van der Waals surface area contributed by atoms with Gasteiger partial charge in [-0.1, -0.05) is 13.8 Å². The van der Waals surface area contributed by atoms with Gasteiger partial charge in [-0.3, -0.25) is 4.98 Å². The zero-order valence-corrected chi connectivity index (χ0v) is 11.4. The first-order chi connectivity index (χ1) is 9.16. The van der Waals surface area contributed by atoms with Gasteiger partial charge in [0, 0.05) is 30.3 Å². The number of rotatable bonds is 5. The maximum Gasteiger partial charge on any atom is 0.123 e. The molecule has 19 heavy (non-hydrogen) atoms. The lowest BCUT2D eigenvalue weighted by Gasteiger charge is -2.25. The van der Waals surface area contributed by atoms with Gasteiger partial charge >= 0.3 is 0 Å². The third-order valence-electron chi connectivity index (χ3n) is 3.04. The normalized spacial score (nSPS) is 10.7. The molecule has 0 N–H and O–H groups in total. The van der Waals surface area contributed by atoms with Crippen LogP contribution in [0, 0.1) is 11.7 Å². The lowest BCUT2D eigenvalue weighted by molar-refractivity contribution is 0.590. The Morgan fingerprint density at radius 2 is 1.58 bits per heavy atom. The Morgan fingerprint density at radius 3 is 2.16 bits per heavy atom. The highest BCUT2D eigenvalue weighted by atomic mass is 19.1. The molecule has 0 aliphatic carbocycles. The zero-order chi connectivity index (χ0) is 13.7. The van der Waals surface area contributed by atoms with Crippen molar-refractivity contribution in [3.05, 3.63) is 54.6 Å². The number of benzene rings is 1. The van der Waals surface area contributed by atoms with Crippen LogP contribution in [0.2, 0.25) is 0 Å². The maximum absolute atomic E-state index is 13.0. The van der Waals surface area contributed by atoms with Gasteiger partial charge in [0.15, 0.2) is 0 Å². The van der Waals surface area contributed by atoms with Crippen LogP contribution in [-0.2, 0) is 0 Å². The van der Waals surface area contributed by atoms with Gasteiger partial charge < -0.3 is 4.90 Å². The van der Waals surface area contributed by atoms with E-state index in [0.717, 1.165) is 24.3 Å². The Balaban J connectivity index is 2.26. The fourth-order valence-electron chi connectivity index (χ4n) is 1.94. The van der Waals surface area contributed by atoms with Crippen LogP contribution in [0.1, 0.15) is 20.3 Å². The van der Waals surface area contributed by atoms with Crippen LogP contribution < -0.4 is 4.90 Å². The minimum Gasteiger partial charge on any atom is -0.341 e. The average molecular weight is 258 g/mol. The summed E-state index contributed by atoms with van der Waals surface area (Å²) in [5.41, 5.74) is 2.09. The van der Waals surface area contributed by atoms with Crippen LogP contribution in [0.4, 0.5) is 15.8 Å². The van der Waals surface area contributed by atoms with Crippen LogP contribution in [0.5, 0.6) is 0 Å². The van der Waals surface area contributed by atoms with Crippen molar-refractivity contribution >= 4 is 11.4 Å². The predicted octanol–water partition coefficient (Wildman–Crippen LogP) is 4.40. The number of nitrogens with zero attached hydrogens (tertiary/aromatic N) is 2. The Kier molecular flexibility index (Phi) is 4.50. The van der Waals surface area contributed by atoms with Crippen LogP contribution in [0.25, 0.3) is 0 Å². The fraction of sp³-hybridized carbons (Fsp3) is 0.312. The van der Waals surface area contributed by atoms with E-state index in [1.165, 1.54) is 12.1 Å². The maximum atomic E-state index is 13.0. The molecule has 0 fully saturated rings. The van der Waals surface area contributed by atoms with Gasteiger partial charge in [0.25, 0.3) is 0 Å². The van der Waals surface area contributed by atoms with Gasteiger partial charge in [0.2, 0.25) is 0 Å². The molecule has 3 heteroatoms. The van der Waals surface area contributed by atoms with Crippen LogP contribution in [-0.4, -0.2) is 11.5 Å². The van der Waals surface area contributed by atoms with Crippen LogP contribution in [0.3, 0.4) is 0 Å². The molecule has 0 saturated carbocycles. The Morgan fingerprint density at radius 1 is 1.00 bits per heavy atom. The minimum absolute atomic E-state index is 0.206. The second-order valence-corrected chi connectivity index (χ2v) is 5.02. The van der Waals surface area contributed by atoms with Crippen molar-refractivity contribution in [1.82, 2.24) is 4.98 Å². The quantitative estimate of drug-likeness (QED) is 0.790. The number of hydrogen-bond acceptors (Lipinski definition) is 2. The molecular weight excluding hydrogens is 239 g/mol. The van der Waals surface area contributed by atoms with E-state index in [4.69, 9.17) is 0 Å². The minimum atomic E-state index is -0.206. The largest absolute Gasteiger partial charge is 0.341 e. The Labute approximate surface area is 113 Å². The molecule has 1 heterocycles. The SMILES string of the molecule is CC(C)CCN(c1ccncc1)c1ccc(F)cc1. The molecule has 0 saturated heterocycles. The molecule has 2 nitrogen and oxygen atoms in total. The highest BCUT2D eigenvalue weighted by Gasteiger charge is 2.10. The van der Waals surface area contributed by atoms with Crippen molar-refractivity contribution in [3.63, 3.8) is 0 Å². The fourth-order valence-corrected chi connectivity index (χ4v) is 1.94. The smallest absolute Gasteiger partial charge is 0.123 e. The van der Waals surface area contributed by atoms with Gasteiger partial charge in [0.05, 0.1) is 0 Å². The molecule has 0 aliphatic rings. The summed E-state index contributed by atoms with van der Waals surface area (Å²) in [6.45, 7) is 5.32. The lowest BCUT2D eigenvalue weighted by atomic mass is 10.1. The van der Waals surface area contributed by atoms with Crippen LogP contribution >= 0.6 is 0 Å². The van der Waals surface area contributed by atoms with Crippen molar-refractivity contribution in [3.8, 4) is 0 Å². The molecule has 0 amide bonds. The highest BCUT2D eigenvalue weighted by Crippen LogP contribution is 2.25. The summed E-state index contributed by atoms with van der Waals surface area (Å²) in [6.07, 6.45) is 4.64. The van der Waals surface area contributed by atoms with Gasteiger partial charge in [-0.25, -0.2) is 4.39 Å². The van der Waals surface area contributed by atoms with Crippen molar-refractivity contribution in [2.24, 2.45) is 5.92 Å². The standard InChI is InChI=1S/C16H19FN2/c1-13(2)9-12-19(16-7-10-18-11-8-16)15-5-3-14(17)4-6-15/h3-8,10-11,13H,9,12H2,1-2H3. The molecule has 0 aliphatic heterocycles. The molecule has 2 aromatic rings. The first-order valence-electron chi connectivity index (χ1n) is 6.60. The van der Waals surface area contributed by atoms with Crippen molar-refractivity contribution < 1.29 is 4.39 Å². The predicted molar refractivity (Wildman–Crippen MR) is 77.1 cm³/mol. The molecule has 2 rings (SSSR count). The van der Waals surface area contributed by atoms with E-state index in [0.29, 0.717) is 5.92 Å². The summed E-state index contributed by atoms with van der Waals surface area (Å²) >= 11 is 0. The first-order valence-corrected chi connectivity index (χ1v) is 6.60. The summed E-state index contributed by atoms with van der Waals surface area (Å²) in [5, 5.41) is 0. The van der Waals surface area contributed by atoms with E-state index >= 15 is 0 Å². The number of pyridine rings is 1. The third-order valence-corrected chi connectivity index (χ3v) is 3.04. The molecular formula is C16H19FN2. The van der Waals surface area contributed by atoms with Gasteiger partial charge in [0.1, 0.15) is 5.82 Å². The van der Waals surface area contributed by atoms with Gasteiger partial charge in [-0.15, -0.1) is 0 Å². The molecule has 1 aromatic carbocycles. The van der Waals surface area contributed by atoms with Crippen molar-refractivity contribution in [2.45, 2.75) is 20.3 Å². The van der Waals surface area contributed by atoms with E-state index in [1.807, 2.05) is 24.3 Å². The van der Waals surface area contributed by atoms with Crippen molar-refractivity contribution in [2.75, 3.05) is 11.4 Å². The summed E-state index contributed by atoms with van der Waals surface area (Å²) in [6, 6.07) is 10.6. The Bertz CT molecular complexity index is 494. The summed E-state index contributed by atoms with van der Waals surface area (Å²) in [7, 11) is 0. The Hall–Kier alpha value is -1.90. The number of hydrogen-bond donors (Lipinski definition) is 0. The second-order valence-electron chi connectivity index (χ2n) is 5.02. The van der Waals surface area contributed by atoms with E-state index in [9.17, 15) is 4.39 Å². The molecule has 1 aromatic heterocycles. The third kappa shape index (κ3) is 3.78. The van der Waals surface area contributed by atoms with E-state index in [-0.39, 0.29) is 5.82 Å². The van der Waals surface area contributed by atoms with E-state index < -0.39 is 0 Å². The first kappa shape index (κ1) is 13.5. The number of halogens is 1. The molecule has 0 bridgehead atoms. The summed E-state index contributed by atoms with van der Waals surface area (Å²) in [4.78, 5) is 6.24. The van der Waals surface area contributed by atoms with Gasteiger partial charge in [-0.2, -0.15) is 0 Å². The van der Waals surface area contributed by atoms with E-state index in [2.05, 4.69) is 23.7 Å². The topological polar surface area (TPSA) is 16.1 Å². The lowest BCUT2D eigenvalue weighted by Crippen LogP contribution is -2.19. The molecule has 0 unspecified atom stereocenters. The highest BCUT2D eigenvalue weighted by molar-refractivity contribution is 5.62. The van der Waals surface area contributed by atoms with Crippen LogP contribution in [0.15, 0.2) is 48.8 Å². The molecule has 0 spiro atoms. The zero-order valence-electron chi connectivity index (χ0n) is 11.4. The molecule has 100 valence electrons.